The smallest absolute Gasteiger partial charge is 0.227 e. The Morgan fingerprint density at radius 3 is 2.81 bits per heavy atom. The average Bonchev–Trinajstić information content (AvgIpc) is 2.89. The predicted molar refractivity (Wildman–Crippen MR) is 139 cm³/mol. The molecule has 0 radical (unpaired) electrons. The first kappa shape index (κ1) is 24.5. The third-order valence-corrected chi connectivity index (χ3v) is 7.84. The fourth-order valence-electron chi connectivity index (χ4n) is 5.22. The first-order valence-corrected chi connectivity index (χ1v) is 12.6. The van der Waals surface area contributed by atoms with Crippen molar-refractivity contribution in [3.63, 3.8) is 0 Å². The number of ether oxygens (including phenoxy) is 1. The van der Waals surface area contributed by atoms with E-state index in [9.17, 15) is 10.1 Å². The van der Waals surface area contributed by atoms with Gasteiger partial charge in [-0.05, 0) is 41.8 Å². The monoisotopic (exact) mass is 505 g/mol. The maximum Gasteiger partial charge on any atom is 0.227 e. The van der Waals surface area contributed by atoms with Crippen LogP contribution >= 0.6 is 11.6 Å². The lowest BCUT2D eigenvalue weighted by Gasteiger charge is -2.46. The van der Waals surface area contributed by atoms with E-state index in [1.807, 2.05) is 36.2 Å². The van der Waals surface area contributed by atoms with E-state index < -0.39 is 0 Å². The number of benzene rings is 2. The van der Waals surface area contributed by atoms with Crippen LogP contribution in [0.3, 0.4) is 0 Å². The third kappa shape index (κ3) is 4.77. The number of nitrogens with zero attached hydrogens (tertiary/aromatic N) is 5. The maximum absolute atomic E-state index is 13.1. The van der Waals surface area contributed by atoms with Crippen molar-refractivity contribution < 1.29 is 9.53 Å². The lowest BCUT2D eigenvalue weighted by Crippen LogP contribution is -2.59. The molecule has 3 heterocycles. The molecular formula is C27H30ClN6O2+. The van der Waals surface area contributed by atoms with Crippen LogP contribution < -0.4 is 9.91 Å². The second-order valence-electron chi connectivity index (χ2n) is 9.86. The summed E-state index contributed by atoms with van der Waals surface area (Å²) in [6.45, 7) is 6.06. The lowest BCUT2D eigenvalue weighted by atomic mass is 9.96. The van der Waals surface area contributed by atoms with E-state index in [2.05, 4.69) is 46.5 Å². The van der Waals surface area contributed by atoms with Crippen LogP contribution in [0, 0.1) is 18.3 Å². The van der Waals surface area contributed by atoms with E-state index in [-0.39, 0.29) is 18.1 Å². The average molecular weight is 506 g/mol. The van der Waals surface area contributed by atoms with Crippen molar-refractivity contribution in [3.05, 3.63) is 69.9 Å². The Morgan fingerprint density at radius 2 is 2.08 bits per heavy atom. The van der Waals surface area contributed by atoms with Crippen LogP contribution in [-0.4, -0.2) is 74.1 Å². The van der Waals surface area contributed by atoms with Gasteiger partial charge in [-0.25, -0.2) is 4.48 Å². The summed E-state index contributed by atoms with van der Waals surface area (Å²) in [5, 5.41) is 13.8. The summed E-state index contributed by atoms with van der Waals surface area (Å²) in [5.74, 6) is 3.02. The molecule has 0 aliphatic carbocycles. The van der Waals surface area contributed by atoms with Crippen molar-refractivity contribution in [1.82, 2.24) is 19.7 Å². The Labute approximate surface area is 216 Å². The Balaban J connectivity index is 1.19. The minimum Gasteiger partial charge on any atom is -0.370 e. The van der Waals surface area contributed by atoms with Gasteiger partial charge in [-0.3, -0.25) is 15.1 Å². The predicted octanol–water partition coefficient (Wildman–Crippen LogP) is 2.94. The van der Waals surface area contributed by atoms with E-state index in [1.54, 1.807) is 6.07 Å². The fraction of sp³-hybridized carbons (Fsp3) is 0.407. The van der Waals surface area contributed by atoms with Crippen molar-refractivity contribution in [1.29, 1.82) is 5.26 Å². The first-order chi connectivity index (χ1) is 17.4. The van der Waals surface area contributed by atoms with Crippen LogP contribution in [0.2, 0.25) is 5.02 Å². The molecule has 2 aromatic carbocycles. The number of hydrogen-bond acceptors (Lipinski definition) is 6. The summed E-state index contributed by atoms with van der Waals surface area (Å²) < 4.78 is 6.79. The number of hydrogen-bond donors (Lipinski definition) is 1. The van der Waals surface area contributed by atoms with Gasteiger partial charge in [-0.2, -0.15) is 5.26 Å². The lowest BCUT2D eigenvalue weighted by molar-refractivity contribution is -0.139. The largest absolute Gasteiger partial charge is 0.370 e. The van der Waals surface area contributed by atoms with Crippen molar-refractivity contribution in [3.8, 4) is 6.07 Å². The van der Waals surface area contributed by atoms with Gasteiger partial charge in [0, 0.05) is 26.2 Å². The zero-order valence-corrected chi connectivity index (χ0v) is 21.3. The summed E-state index contributed by atoms with van der Waals surface area (Å²) >= 11 is 6.18. The van der Waals surface area contributed by atoms with E-state index in [0.29, 0.717) is 47.9 Å². The molecule has 0 bridgehead atoms. The highest BCUT2D eigenvalue weighted by atomic mass is 35.5. The van der Waals surface area contributed by atoms with E-state index in [4.69, 9.17) is 16.3 Å². The third-order valence-electron chi connectivity index (χ3n) is 7.53. The quantitative estimate of drug-likeness (QED) is 0.646. The summed E-state index contributed by atoms with van der Waals surface area (Å²) in [5.41, 5.74) is 7.49. The number of piperazine rings is 1. The number of quaternary nitrogens is 1. The second kappa shape index (κ2) is 10.1. The summed E-state index contributed by atoms with van der Waals surface area (Å²) in [6.07, 6.45) is 2.20. The molecule has 1 N–H and O–H groups in total. The van der Waals surface area contributed by atoms with Crippen LogP contribution in [0.15, 0.2) is 47.7 Å². The van der Waals surface area contributed by atoms with Crippen molar-refractivity contribution in [2.75, 3.05) is 46.5 Å². The van der Waals surface area contributed by atoms with E-state index in [0.717, 1.165) is 35.5 Å². The van der Waals surface area contributed by atoms with Gasteiger partial charge in [-0.15, -0.1) is 5.10 Å². The Bertz CT molecular complexity index is 1270. The van der Waals surface area contributed by atoms with Gasteiger partial charge in [0.05, 0.1) is 48.7 Å². The second-order valence-corrected chi connectivity index (χ2v) is 10.3. The van der Waals surface area contributed by atoms with Gasteiger partial charge in [0.1, 0.15) is 11.8 Å². The Morgan fingerprint density at radius 1 is 1.28 bits per heavy atom. The number of carbonyl (C=O) groups is 1. The molecule has 5 rings (SSSR count). The van der Waals surface area contributed by atoms with Crippen LogP contribution in [0.1, 0.15) is 28.4 Å². The molecule has 3 aliphatic heterocycles. The fourth-order valence-corrected chi connectivity index (χ4v) is 5.46. The zero-order chi connectivity index (χ0) is 25.3. The molecule has 8 nitrogen and oxygen atoms in total. The number of hydrazone groups is 1. The highest BCUT2D eigenvalue weighted by Crippen LogP contribution is 2.32. The van der Waals surface area contributed by atoms with Crippen LogP contribution in [0.5, 0.6) is 0 Å². The van der Waals surface area contributed by atoms with Gasteiger partial charge in [0.15, 0.2) is 12.9 Å². The topological polar surface area (TPSA) is 81.0 Å². The zero-order valence-electron chi connectivity index (χ0n) is 20.6. The number of nitrogens with one attached hydrogen (secondary N) is 1. The minimum absolute atomic E-state index is 0.105. The van der Waals surface area contributed by atoms with Crippen LogP contribution in [-0.2, 0) is 16.0 Å². The summed E-state index contributed by atoms with van der Waals surface area (Å²) in [4.78, 5) is 17.5. The number of nitriles is 1. The Kier molecular flexibility index (Phi) is 6.85. The summed E-state index contributed by atoms with van der Waals surface area (Å²) in [6, 6.07) is 14.3. The van der Waals surface area contributed by atoms with Gasteiger partial charge in [0.25, 0.3) is 0 Å². The van der Waals surface area contributed by atoms with Crippen LogP contribution in [0.25, 0.3) is 0 Å². The standard InChI is InChI=1S/C27H30ClN6O2/c1-19-23(7-8-25(28)24(19)14-29)26-16-32-10-11-33(15-21(32)17-36-26)27(35)13-20-3-5-22(6-4-20)34(2)12-9-30-31-18-34/h3-8,12,21,26,31H,10-11,13,15-18H2,1-2H3/q+1. The molecule has 3 atom stereocenters. The van der Waals surface area contributed by atoms with Gasteiger partial charge in [0.2, 0.25) is 5.91 Å². The molecule has 3 unspecified atom stereocenters. The number of fused-ring (bicyclic) bond motifs is 1. The Hall–Kier alpha value is -3.18. The number of amides is 1. The van der Waals surface area contributed by atoms with Gasteiger partial charge >= 0.3 is 0 Å². The molecule has 186 valence electrons. The number of rotatable bonds is 4. The van der Waals surface area contributed by atoms with Crippen molar-refractivity contribution in [2.24, 2.45) is 5.10 Å². The van der Waals surface area contributed by atoms with Crippen LogP contribution in [0.4, 0.5) is 5.69 Å². The van der Waals surface area contributed by atoms with E-state index in [1.165, 1.54) is 0 Å². The van der Waals surface area contributed by atoms with Gasteiger partial charge < -0.3 is 9.64 Å². The molecule has 2 aromatic rings. The molecule has 3 aliphatic rings. The molecular weight excluding hydrogens is 476 g/mol. The van der Waals surface area contributed by atoms with E-state index >= 15 is 0 Å². The first-order valence-electron chi connectivity index (χ1n) is 12.2. The number of halogens is 1. The molecule has 1 amide bonds. The molecule has 0 saturated carbocycles. The molecule has 2 saturated heterocycles. The molecule has 0 spiro atoms. The molecule has 2 fully saturated rings. The number of carbonyl (C=O) groups excluding carboxylic acids is 1. The highest BCUT2D eigenvalue weighted by Gasteiger charge is 2.36. The SMILES string of the molecule is Cc1c(C2CN3CCN(C(=O)Cc4ccc([N+]5(C)C=C=NNC5)cc4)CC3CO2)ccc(Cl)c1C#N. The molecule has 0 aromatic heterocycles. The molecule has 36 heavy (non-hydrogen) atoms. The maximum atomic E-state index is 13.1. The molecule has 9 heteroatoms. The van der Waals surface area contributed by atoms with Crippen molar-refractivity contribution in [2.45, 2.75) is 25.5 Å². The van der Waals surface area contributed by atoms with Crippen molar-refractivity contribution >= 4 is 29.1 Å². The normalized spacial score (nSPS) is 25.7. The highest BCUT2D eigenvalue weighted by molar-refractivity contribution is 6.31. The minimum atomic E-state index is -0.105. The summed E-state index contributed by atoms with van der Waals surface area (Å²) in [7, 11) is 2.09. The van der Waals surface area contributed by atoms with Gasteiger partial charge in [-0.1, -0.05) is 29.8 Å². The number of morpholine rings is 1.